The van der Waals surface area contributed by atoms with Crippen molar-refractivity contribution in [3.8, 4) is 0 Å². The maximum atomic E-state index is 13.4. The van der Waals surface area contributed by atoms with E-state index >= 15 is 0 Å². The Morgan fingerprint density at radius 2 is 1.96 bits per heavy atom. The van der Waals surface area contributed by atoms with E-state index < -0.39 is 10.0 Å². The van der Waals surface area contributed by atoms with Crippen LogP contribution in [0.3, 0.4) is 0 Å². The lowest BCUT2D eigenvalue weighted by atomic mass is 9.85. The summed E-state index contributed by atoms with van der Waals surface area (Å²) in [7, 11) is -3.66. The van der Waals surface area contributed by atoms with Gasteiger partial charge in [0.15, 0.2) is 5.65 Å². The van der Waals surface area contributed by atoms with Gasteiger partial charge in [0.05, 0.1) is 16.6 Å². The molecule has 3 aromatic rings. The van der Waals surface area contributed by atoms with Crippen molar-refractivity contribution in [3.63, 3.8) is 0 Å². The highest BCUT2D eigenvalue weighted by Gasteiger charge is 2.45. The van der Waals surface area contributed by atoms with Crippen LogP contribution in [-0.4, -0.2) is 33.4 Å². The molecule has 0 radical (unpaired) electrons. The van der Waals surface area contributed by atoms with Crippen LogP contribution in [-0.2, 0) is 16.4 Å². The van der Waals surface area contributed by atoms with Gasteiger partial charge in [-0.3, -0.25) is 9.89 Å². The summed E-state index contributed by atoms with van der Waals surface area (Å²) in [6.07, 6.45) is 4.74. The van der Waals surface area contributed by atoms with Gasteiger partial charge in [-0.25, -0.2) is 17.9 Å². The molecule has 2 aliphatic rings. The smallest absolute Gasteiger partial charge is 0.266 e. The van der Waals surface area contributed by atoms with E-state index in [0.717, 1.165) is 30.5 Å². The third-order valence-electron chi connectivity index (χ3n) is 5.51. The number of aromatic amines is 1. The van der Waals surface area contributed by atoms with E-state index in [-0.39, 0.29) is 22.5 Å². The SMILES string of the molecule is O=c1cc2ncc3c(n2[nH]1)CC1CCCC3N1S(=O)(=O)c1ccc(Cl)cc1. The molecule has 140 valence electrons. The van der Waals surface area contributed by atoms with Gasteiger partial charge in [0.1, 0.15) is 0 Å². The Bertz CT molecular complexity index is 1200. The Kier molecular flexibility index (Phi) is 3.72. The van der Waals surface area contributed by atoms with Gasteiger partial charge in [-0.1, -0.05) is 11.6 Å². The zero-order valence-electron chi connectivity index (χ0n) is 14.3. The maximum absolute atomic E-state index is 13.4. The Morgan fingerprint density at radius 1 is 1.19 bits per heavy atom. The molecule has 4 heterocycles. The van der Waals surface area contributed by atoms with Crippen LogP contribution in [0.5, 0.6) is 0 Å². The van der Waals surface area contributed by atoms with E-state index in [2.05, 4.69) is 10.1 Å². The molecular weight excluding hydrogens is 388 g/mol. The number of hydrogen-bond donors (Lipinski definition) is 1. The second kappa shape index (κ2) is 5.92. The first-order chi connectivity index (χ1) is 12.9. The zero-order valence-corrected chi connectivity index (χ0v) is 15.9. The lowest BCUT2D eigenvalue weighted by Crippen LogP contribution is -2.50. The number of hydrogen-bond acceptors (Lipinski definition) is 4. The Labute approximate surface area is 160 Å². The monoisotopic (exact) mass is 404 g/mol. The number of nitrogens with zero attached hydrogens (tertiary/aromatic N) is 3. The largest absolute Gasteiger partial charge is 0.268 e. The molecule has 1 saturated heterocycles. The molecule has 0 spiro atoms. The summed E-state index contributed by atoms with van der Waals surface area (Å²) < 4.78 is 30.1. The van der Waals surface area contributed by atoms with Crippen molar-refractivity contribution in [3.05, 3.63) is 63.2 Å². The quantitative estimate of drug-likeness (QED) is 0.710. The van der Waals surface area contributed by atoms with Crippen LogP contribution in [0.4, 0.5) is 0 Å². The molecule has 2 bridgehead atoms. The van der Waals surface area contributed by atoms with Gasteiger partial charge in [0.25, 0.3) is 5.56 Å². The minimum atomic E-state index is -3.66. The summed E-state index contributed by atoms with van der Waals surface area (Å²) >= 11 is 5.92. The van der Waals surface area contributed by atoms with Crippen LogP contribution in [0.2, 0.25) is 5.02 Å². The fourth-order valence-corrected chi connectivity index (χ4v) is 6.34. The predicted molar refractivity (Wildman–Crippen MR) is 100 cm³/mol. The molecule has 0 saturated carbocycles. The predicted octanol–water partition coefficient (Wildman–Crippen LogP) is 2.52. The van der Waals surface area contributed by atoms with Crippen LogP contribution in [0.15, 0.2) is 46.2 Å². The summed E-state index contributed by atoms with van der Waals surface area (Å²) in [6, 6.07) is 7.31. The highest BCUT2D eigenvalue weighted by Crippen LogP contribution is 2.44. The van der Waals surface area contributed by atoms with Crippen molar-refractivity contribution in [2.75, 3.05) is 0 Å². The van der Waals surface area contributed by atoms with Crippen molar-refractivity contribution in [1.29, 1.82) is 0 Å². The summed E-state index contributed by atoms with van der Waals surface area (Å²) in [5, 5.41) is 3.28. The Morgan fingerprint density at radius 3 is 2.74 bits per heavy atom. The molecule has 7 nitrogen and oxygen atoms in total. The highest BCUT2D eigenvalue weighted by molar-refractivity contribution is 7.89. The number of halogens is 1. The molecule has 5 rings (SSSR count). The molecule has 1 fully saturated rings. The lowest BCUT2D eigenvalue weighted by Gasteiger charge is -2.45. The van der Waals surface area contributed by atoms with Crippen molar-refractivity contribution in [1.82, 2.24) is 18.9 Å². The summed E-state index contributed by atoms with van der Waals surface area (Å²) in [5.74, 6) is 0. The van der Waals surface area contributed by atoms with E-state index in [1.165, 1.54) is 6.07 Å². The van der Waals surface area contributed by atoms with E-state index in [0.29, 0.717) is 17.1 Å². The fraction of sp³-hybridized carbons (Fsp3) is 0.333. The third-order valence-corrected chi connectivity index (χ3v) is 7.74. The topological polar surface area (TPSA) is 87.5 Å². The molecule has 2 atom stereocenters. The number of rotatable bonds is 2. The van der Waals surface area contributed by atoms with E-state index in [1.807, 2.05) is 0 Å². The number of piperidine rings is 1. The molecule has 9 heteroatoms. The van der Waals surface area contributed by atoms with Gasteiger partial charge < -0.3 is 0 Å². The van der Waals surface area contributed by atoms with Gasteiger partial charge in [0, 0.05) is 35.3 Å². The highest BCUT2D eigenvalue weighted by atomic mass is 35.5. The van der Waals surface area contributed by atoms with E-state index in [1.54, 1.807) is 39.3 Å². The summed E-state index contributed by atoms with van der Waals surface area (Å²) in [5.41, 5.74) is 2.16. The average molecular weight is 405 g/mol. The van der Waals surface area contributed by atoms with Crippen molar-refractivity contribution in [2.45, 2.75) is 42.7 Å². The van der Waals surface area contributed by atoms with Gasteiger partial charge in [-0.15, -0.1) is 0 Å². The summed E-state index contributed by atoms with van der Waals surface area (Å²) in [4.78, 5) is 16.3. The van der Waals surface area contributed by atoms with Gasteiger partial charge >= 0.3 is 0 Å². The third kappa shape index (κ3) is 2.55. The van der Waals surface area contributed by atoms with Crippen LogP contribution < -0.4 is 5.56 Å². The second-order valence-electron chi connectivity index (χ2n) is 7.07. The number of aromatic nitrogens is 3. The molecule has 2 aromatic heterocycles. The Hall–Kier alpha value is -2.16. The van der Waals surface area contributed by atoms with Crippen LogP contribution >= 0.6 is 11.6 Å². The molecule has 27 heavy (non-hydrogen) atoms. The van der Waals surface area contributed by atoms with Crippen LogP contribution in [0.1, 0.15) is 36.6 Å². The minimum Gasteiger partial charge on any atom is -0.268 e. The molecule has 1 aromatic carbocycles. The standard InChI is InChI=1S/C18H17ClN4O3S/c19-11-4-6-13(7-5-11)27(25,26)23-12-2-1-3-15(23)14-10-20-17-9-18(24)21-22(17)16(14)8-12/h4-7,9-10,12,15H,1-3,8H2,(H,21,24). The van der Waals surface area contributed by atoms with Crippen molar-refractivity contribution >= 4 is 27.3 Å². The summed E-state index contributed by atoms with van der Waals surface area (Å²) in [6.45, 7) is 0. The number of benzene rings is 1. The fourth-order valence-electron chi connectivity index (χ4n) is 4.36. The van der Waals surface area contributed by atoms with Crippen molar-refractivity contribution < 1.29 is 8.42 Å². The average Bonchev–Trinajstić information content (AvgIpc) is 3.02. The minimum absolute atomic E-state index is 0.145. The molecule has 0 aliphatic carbocycles. The molecule has 2 aliphatic heterocycles. The van der Waals surface area contributed by atoms with Crippen molar-refractivity contribution in [2.24, 2.45) is 0 Å². The number of fused-ring (bicyclic) bond motifs is 6. The normalized spacial score (nSPS) is 22.7. The number of nitrogens with one attached hydrogen (secondary N) is 1. The molecule has 2 unspecified atom stereocenters. The zero-order chi connectivity index (χ0) is 18.8. The van der Waals surface area contributed by atoms with E-state index in [9.17, 15) is 13.2 Å². The van der Waals surface area contributed by atoms with Crippen LogP contribution in [0.25, 0.3) is 5.65 Å². The van der Waals surface area contributed by atoms with Gasteiger partial charge in [-0.05, 0) is 43.5 Å². The van der Waals surface area contributed by atoms with Crippen LogP contribution in [0, 0.1) is 0 Å². The van der Waals surface area contributed by atoms with Gasteiger partial charge in [0.2, 0.25) is 10.0 Å². The molecule has 0 amide bonds. The molecular formula is C18H17ClN4O3S. The first kappa shape index (κ1) is 17.0. The number of H-pyrrole nitrogens is 1. The number of sulfonamides is 1. The second-order valence-corrected chi connectivity index (χ2v) is 9.35. The van der Waals surface area contributed by atoms with Gasteiger partial charge in [-0.2, -0.15) is 4.31 Å². The lowest BCUT2D eigenvalue weighted by molar-refractivity contribution is 0.159. The maximum Gasteiger partial charge on any atom is 0.266 e. The first-order valence-electron chi connectivity index (χ1n) is 8.84. The Balaban J connectivity index is 1.67. The first-order valence-corrected chi connectivity index (χ1v) is 10.7. The van der Waals surface area contributed by atoms with E-state index in [4.69, 9.17) is 11.6 Å². The molecule has 1 N–H and O–H groups in total.